The van der Waals surface area contributed by atoms with Crippen LogP contribution < -0.4 is 19.5 Å². The molecule has 45 heavy (non-hydrogen) atoms. The standard InChI is InChI=1S/C21H25N3O2S.C14H15ClN2O/c1-25-19-8-17-7-15(12-22)13-23-18(17)9-20(19)26-14-16-10-21(11-16)3-5-24(27-2)6-4-21;1-10-4-3-7-17-14(10)9-18-11-5-6-13(16-2)12(15)8-11/h7-9,13,16H,3-6,10-11,14H2,1-2H3;3-8,16H,9H2,1-2H3. The lowest BCUT2D eigenvalue weighted by atomic mass is 9.58. The number of ether oxygens (including phenoxy) is 3. The molecule has 0 atom stereocenters. The molecule has 10 heteroatoms. The highest BCUT2D eigenvalue weighted by atomic mass is 35.5. The van der Waals surface area contributed by atoms with Crippen LogP contribution in [0.25, 0.3) is 10.9 Å². The van der Waals surface area contributed by atoms with Gasteiger partial charge < -0.3 is 19.5 Å². The fourth-order valence-corrected chi connectivity index (χ4v) is 6.93. The molecule has 8 nitrogen and oxygen atoms in total. The van der Waals surface area contributed by atoms with Gasteiger partial charge in [-0.25, -0.2) is 0 Å². The molecule has 0 unspecified atom stereocenters. The van der Waals surface area contributed by atoms with E-state index in [1.165, 1.54) is 38.8 Å². The number of aromatic nitrogens is 2. The lowest BCUT2D eigenvalue weighted by Crippen LogP contribution is -2.46. The Morgan fingerprint density at radius 1 is 1.09 bits per heavy atom. The number of benzene rings is 2. The third-order valence-corrected chi connectivity index (χ3v) is 9.95. The van der Waals surface area contributed by atoms with Gasteiger partial charge in [0.05, 0.1) is 41.2 Å². The number of nitrogens with one attached hydrogen (secondary N) is 1. The van der Waals surface area contributed by atoms with Crippen molar-refractivity contribution in [2.24, 2.45) is 11.3 Å². The molecule has 1 saturated heterocycles. The third kappa shape index (κ3) is 8.12. The van der Waals surface area contributed by atoms with E-state index in [-0.39, 0.29) is 0 Å². The lowest BCUT2D eigenvalue weighted by molar-refractivity contribution is -0.0142. The van der Waals surface area contributed by atoms with E-state index in [2.05, 4.69) is 31.9 Å². The van der Waals surface area contributed by atoms with Gasteiger partial charge in [0.2, 0.25) is 0 Å². The molecular weight excluding hydrogens is 606 g/mol. The second-order valence-corrected chi connectivity index (χ2v) is 13.0. The zero-order valence-corrected chi connectivity index (χ0v) is 27.9. The van der Waals surface area contributed by atoms with Crippen LogP contribution in [0.4, 0.5) is 5.69 Å². The molecule has 1 saturated carbocycles. The van der Waals surface area contributed by atoms with E-state index >= 15 is 0 Å². The van der Waals surface area contributed by atoms with Gasteiger partial charge in [0.1, 0.15) is 18.4 Å². The van der Waals surface area contributed by atoms with Gasteiger partial charge in [-0.1, -0.05) is 29.6 Å². The topological polar surface area (TPSA) is 92.5 Å². The lowest BCUT2D eigenvalue weighted by Gasteiger charge is -2.51. The Kier molecular flexibility index (Phi) is 10.9. The maximum absolute atomic E-state index is 9.04. The van der Waals surface area contributed by atoms with E-state index in [9.17, 15) is 0 Å². The van der Waals surface area contributed by atoms with Crippen LogP contribution in [0.2, 0.25) is 5.02 Å². The Morgan fingerprint density at radius 2 is 1.89 bits per heavy atom. The number of halogens is 1. The van der Waals surface area contributed by atoms with Crippen LogP contribution >= 0.6 is 23.5 Å². The predicted molar refractivity (Wildman–Crippen MR) is 182 cm³/mol. The van der Waals surface area contributed by atoms with E-state index in [0.717, 1.165) is 46.0 Å². The zero-order valence-electron chi connectivity index (χ0n) is 26.3. The minimum Gasteiger partial charge on any atom is -0.493 e. The normalized spacial score (nSPS) is 15.8. The van der Waals surface area contributed by atoms with Crippen LogP contribution in [0.15, 0.2) is 60.9 Å². The summed E-state index contributed by atoms with van der Waals surface area (Å²) in [5.74, 6) is 2.80. The van der Waals surface area contributed by atoms with Crippen LogP contribution in [-0.4, -0.2) is 54.4 Å². The van der Waals surface area contributed by atoms with Gasteiger partial charge in [0.25, 0.3) is 0 Å². The largest absolute Gasteiger partial charge is 0.493 e. The number of fused-ring (bicyclic) bond motifs is 1. The smallest absolute Gasteiger partial charge is 0.163 e. The van der Waals surface area contributed by atoms with Crippen LogP contribution in [0.1, 0.15) is 42.5 Å². The van der Waals surface area contributed by atoms with E-state index in [0.29, 0.717) is 34.3 Å². The summed E-state index contributed by atoms with van der Waals surface area (Å²) < 4.78 is 19.8. The Hall–Kier alpha value is -3.71. The summed E-state index contributed by atoms with van der Waals surface area (Å²) >= 11 is 7.95. The average molecular weight is 646 g/mol. The summed E-state index contributed by atoms with van der Waals surface area (Å²) in [6, 6.07) is 17.3. The molecule has 1 aliphatic carbocycles. The number of piperidine rings is 1. The first kappa shape index (κ1) is 32.7. The number of hydrogen-bond donors (Lipinski definition) is 1. The number of aryl methyl sites for hydroxylation is 1. The summed E-state index contributed by atoms with van der Waals surface area (Å²) in [4.78, 5) is 8.65. The molecule has 6 rings (SSSR count). The molecular formula is C35H40ClN5O3S. The average Bonchev–Trinajstić information content (AvgIpc) is 3.05. The Labute approximate surface area is 275 Å². The van der Waals surface area contributed by atoms with Crippen molar-refractivity contribution in [3.05, 3.63) is 82.8 Å². The van der Waals surface area contributed by atoms with Crippen molar-refractivity contribution in [1.29, 1.82) is 5.26 Å². The van der Waals surface area contributed by atoms with Gasteiger partial charge in [-0.3, -0.25) is 14.3 Å². The fourth-order valence-electron chi connectivity index (χ4n) is 6.12. The number of pyridine rings is 2. The van der Waals surface area contributed by atoms with Crippen LogP contribution in [0.3, 0.4) is 0 Å². The highest BCUT2D eigenvalue weighted by Gasteiger charge is 2.45. The molecule has 236 valence electrons. The van der Waals surface area contributed by atoms with Crippen molar-refractivity contribution >= 4 is 40.1 Å². The van der Waals surface area contributed by atoms with Crippen molar-refractivity contribution in [2.75, 3.05) is 45.4 Å². The number of nitrogens with zero attached hydrogens (tertiary/aromatic N) is 4. The Balaban J connectivity index is 0.000000194. The van der Waals surface area contributed by atoms with Gasteiger partial charge in [-0.05, 0) is 86.1 Å². The monoisotopic (exact) mass is 645 g/mol. The predicted octanol–water partition coefficient (Wildman–Crippen LogP) is 7.93. The molecule has 0 bridgehead atoms. The Morgan fingerprint density at radius 3 is 2.56 bits per heavy atom. The Bertz CT molecular complexity index is 1650. The maximum Gasteiger partial charge on any atom is 0.163 e. The van der Waals surface area contributed by atoms with Crippen molar-refractivity contribution in [3.63, 3.8) is 0 Å². The van der Waals surface area contributed by atoms with Gasteiger partial charge in [0.15, 0.2) is 11.5 Å². The van der Waals surface area contributed by atoms with Crippen LogP contribution in [0.5, 0.6) is 17.2 Å². The van der Waals surface area contributed by atoms with E-state index in [4.69, 9.17) is 31.1 Å². The number of anilines is 1. The summed E-state index contributed by atoms with van der Waals surface area (Å²) in [5, 5.41) is 13.6. The molecule has 2 fully saturated rings. The number of nitriles is 1. The molecule has 0 radical (unpaired) electrons. The molecule has 3 heterocycles. The SMILES string of the molecule is CNc1ccc(OCc2ncccc2C)cc1Cl.COc1cc2cc(C#N)cnc2cc1OCC1CC2(CCN(SC)CC2)C1. The highest BCUT2D eigenvalue weighted by Crippen LogP contribution is 2.53. The molecule has 1 spiro atoms. The summed E-state index contributed by atoms with van der Waals surface area (Å²) in [5.41, 5.74) is 4.87. The number of hydrogen-bond acceptors (Lipinski definition) is 9. The van der Waals surface area contributed by atoms with Gasteiger partial charge in [0, 0.05) is 50.0 Å². The first-order chi connectivity index (χ1) is 21.8. The fraction of sp³-hybridized carbons (Fsp3) is 0.400. The van der Waals surface area contributed by atoms with Crippen LogP contribution in [0, 0.1) is 29.6 Å². The second kappa shape index (κ2) is 15.0. The number of rotatable bonds is 9. The summed E-state index contributed by atoms with van der Waals surface area (Å²) in [6.07, 6.45) is 10.7. The summed E-state index contributed by atoms with van der Waals surface area (Å²) in [6.45, 7) is 5.62. The van der Waals surface area contributed by atoms with Gasteiger partial charge >= 0.3 is 0 Å². The third-order valence-electron chi connectivity index (χ3n) is 8.76. The molecule has 1 aliphatic heterocycles. The van der Waals surface area contributed by atoms with Gasteiger partial charge in [-0.15, -0.1) is 0 Å². The summed E-state index contributed by atoms with van der Waals surface area (Å²) in [7, 11) is 3.48. The minimum absolute atomic E-state index is 0.446. The molecule has 2 aliphatic rings. The van der Waals surface area contributed by atoms with Crippen molar-refractivity contribution in [1.82, 2.24) is 14.3 Å². The molecule has 2 aromatic carbocycles. The first-order valence-corrected chi connectivity index (χ1v) is 16.7. The van der Waals surface area contributed by atoms with E-state index in [1.807, 2.05) is 68.4 Å². The van der Waals surface area contributed by atoms with Crippen molar-refractivity contribution < 1.29 is 14.2 Å². The minimum atomic E-state index is 0.446. The molecule has 2 aromatic heterocycles. The molecule has 1 N–H and O–H groups in total. The molecule has 4 aromatic rings. The van der Waals surface area contributed by atoms with E-state index < -0.39 is 0 Å². The maximum atomic E-state index is 9.04. The molecule has 0 amide bonds. The highest BCUT2D eigenvalue weighted by molar-refractivity contribution is 7.96. The second-order valence-electron chi connectivity index (χ2n) is 11.7. The van der Waals surface area contributed by atoms with Crippen molar-refractivity contribution in [3.8, 4) is 23.3 Å². The van der Waals surface area contributed by atoms with Gasteiger partial charge in [-0.2, -0.15) is 5.26 Å². The quantitative estimate of drug-likeness (QED) is 0.182. The van der Waals surface area contributed by atoms with Crippen LogP contribution in [-0.2, 0) is 6.61 Å². The van der Waals surface area contributed by atoms with Crippen molar-refractivity contribution in [2.45, 2.75) is 39.2 Å². The first-order valence-electron chi connectivity index (χ1n) is 15.2. The zero-order chi connectivity index (χ0) is 31.8. The van der Waals surface area contributed by atoms with E-state index in [1.54, 1.807) is 25.6 Å². The number of methoxy groups -OCH3 is 1.